The van der Waals surface area contributed by atoms with Gasteiger partial charge in [-0.1, -0.05) is 0 Å². The van der Waals surface area contributed by atoms with Crippen LogP contribution in [-0.2, 0) is 17.9 Å². The minimum absolute atomic E-state index is 0.0518. The minimum atomic E-state index is 0.0518. The van der Waals surface area contributed by atoms with E-state index in [1.54, 1.807) is 4.68 Å². The van der Waals surface area contributed by atoms with Gasteiger partial charge in [-0.05, 0) is 41.8 Å². The van der Waals surface area contributed by atoms with Crippen LogP contribution in [0.2, 0.25) is 0 Å². The molecule has 0 aliphatic heterocycles. The lowest BCUT2D eigenvalue weighted by atomic mass is 10.3. The fourth-order valence-corrected chi connectivity index (χ4v) is 2.29. The van der Waals surface area contributed by atoms with E-state index in [1.165, 1.54) is 0 Å². The van der Waals surface area contributed by atoms with Crippen molar-refractivity contribution < 1.29 is 4.79 Å². The van der Waals surface area contributed by atoms with Gasteiger partial charge in [-0.3, -0.25) is 14.2 Å². The Morgan fingerprint density at radius 2 is 2.10 bits per heavy atom. The molecule has 0 saturated carbocycles. The number of carbonyl (C=O) groups is 1. The van der Waals surface area contributed by atoms with Crippen molar-refractivity contribution in [1.29, 1.82) is 0 Å². The molecule has 0 atom stereocenters. The molecule has 2 heterocycles. The summed E-state index contributed by atoms with van der Waals surface area (Å²) in [5.74, 6) is 0.0518. The normalized spacial score (nSPS) is 10.8. The molecule has 0 fully saturated rings. The number of nitrogens with zero attached hydrogens (tertiary/aromatic N) is 4. The predicted molar refractivity (Wildman–Crippen MR) is 83.9 cm³/mol. The van der Waals surface area contributed by atoms with Gasteiger partial charge >= 0.3 is 0 Å². The second-order valence-corrected chi connectivity index (χ2v) is 5.91. The third-order valence-electron chi connectivity index (χ3n) is 3.10. The summed E-state index contributed by atoms with van der Waals surface area (Å²) in [6, 6.07) is 0. The van der Waals surface area contributed by atoms with Crippen LogP contribution in [0.4, 0.5) is 0 Å². The van der Waals surface area contributed by atoms with Crippen LogP contribution in [0.25, 0.3) is 0 Å². The maximum Gasteiger partial charge on any atom is 0.221 e. The van der Waals surface area contributed by atoms with Gasteiger partial charge in [0.05, 0.1) is 16.4 Å². The first kappa shape index (κ1) is 15.8. The Bertz CT molecular complexity index is 585. The van der Waals surface area contributed by atoms with Crippen LogP contribution >= 0.6 is 15.9 Å². The van der Waals surface area contributed by atoms with Crippen molar-refractivity contribution in [1.82, 2.24) is 24.9 Å². The van der Waals surface area contributed by atoms with E-state index in [0.29, 0.717) is 19.5 Å². The second kappa shape index (κ2) is 7.40. The first-order valence-corrected chi connectivity index (χ1v) is 7.79. The van der Waals surface area contributed by atoms with Crippen LogP contribution in [-0.4, -0.2) is 32.0 Å². The molecule has 0 aliphatic rings. The molecular formula is C14H20BrN5O. The van der Waals surface area contributed by atoms with Gasteiger partial charge in [-0.15, -0.1) is 0 Å². The van der Waals surface area contributed by atoms with E-state index < -0.39 is 0 Å². The van der Waals surface area contributed by atoms with Crippen LogP contribution in [0.5, 0.6) is 0 Å². The molecule has 6 nitrogen and oxygen atoms in total. The smallest absolute Gasteiger partial charge is 0.221 e. The van der Waals surface area contributed by atoms with Crippen molar-refractivity contribution in [3.05, 3.63) is 34.3 Å². The zero-order valence-electron chi connectivity index (χ0n) is 12.3. The van der Waals surface area contributed by atoms with Gasteiger partial charge in [0.25, 0.3) is 0 Å². The summed E-state index contributed by atoms with van der Waals surface area (Å²) in [5.41, 5.74) is 2.09. The summed E-state index contributed by atoms with van der Waals surface area (Å²) in [7, 11) is 0. The molecule has 0 unspecified atom stereocenters. The van der Waals surface area contributed by atoms with E-state index >= 15 is 0 Å². The summed E-state index contributed by atoms with van der Waals surface area (Å²) >= 11 is 3.41. The van der Waals surface area contributed by atoms with Gasteiger partial charge in [0.15, 0.2) is 0 Å². The van der Waals surface area contributed by atoms with Crippen LogP contribution in [0, 0.1) is 13.8 Å². The largest absolute Gasteiger partial charge is 0.356 e. The Kier molecular flexibility index (Phi) is 5.55. The van der Waals surface area contributed by atoms with Crippen molar-refractivity contribution in [3.8, 4) is 0 Å². The minimum Gasteiger partial charge on any atom is -0.356 e. The van der Waals surface area contributed by atoms with E-state index in [1.807, 2.05) is 37.1 Å². The number of aryl methyl sites for hydroxylation is 4. The number of halogens is 1. The fourth-order valence-electron chi connectivity index (χ4n) is 1.97. The van der Waals surface area contributed by atoms with E-state index in [-0.39, 0.29) is 5.91 Å². The highest BCUT2D eigenvalue weighted by atomic mass is 79.9. The second-order valence-electron chi connectivity index (χ2n) is 5.06. The van der Waals surface area contributed by atoms with E-state index in [0.717, 1.165) is 28.7 Å². The zero-order valence-corrected chi connectivity index (χ0v) is 13.9. The first-order valence-electron chi connectivity index (χ1n) is 7.00. The lowest BCUT2D eigenvalue weighted by Gasteiger charge is -2.05. The summed E-state index contributed by atoms with van der Waals surface area (Å²) in [6.07, 6.45) is 7.04. The van der Waals surface area contributed by atoms with Crippen molar-refractivity contribution in [3.63, 3.8) is 0 Å². The molecule has 0 aliphatic carbocycles. The van der Waals surface area contributed by atoms with Crippen LogP contribution in [0.1, 0.15) is 24.1 Å². The zero-order chi connectivity index (χ0) is 15.2. The predicted octanol–water partition coefficient (Wildman–Crippen LogP) is 2.06. The highest BCUT2D eigenvalue weighted by Crippen LogP contribution is 2.13. The van der Waals surface area contributed by atoms with Crippen molar-refractivity contribution >= 4 is 21.8 Å². The Balaban J connectivity index is 1.61. The molecule has 2 rings (SSSR count). The van der Waals surface area contributed by atoms with Crippen LogP contribution < -0.4 is 5.32 Å². The number of rotatable bonds is 7. The SMILES string of the molecule is Cc1cnn(CCCNC(=O)CCn2cc(Br)c(C)n2)c1. The highest BCUT2D eigenvalue weighted by molar-refractivity contribution is 9.10. The number of hydrogen-bond donors (Lipinski definition) is 1. The molecule has 1 N–H and O–H groups in total. The van der Waals surface area contributed by atoms with Gasteiger partial charge in [0.2, 0.25) is 5.91 Å². The Labute approximate surface area is 132 Å². The van der Waals surface area contributed by atoms with Crippen molar-refractivity contribution in [2.75, 3.05) is 6.54 Å². The van der Waals surface area contributed by atoms with Gasteiger partial charge in [0.1, 0.15) is 0 Å². The molecular weight excluding hydrogens is 334 g/mol. The average molecular weight is 354 g/mol. The molecule has 2 aromatic heterocycles. The Hall–Kier alpha value is -1.63. The molecule has 21 heavy (non-hydrogen) atoms. The summed E-state index contributed by atoms with van der Waals surface area (Å²) in [5, 5.41) is 11.4. The lowest BCUT2D eigenvalue weighted by molar-refractivity contribution is -0.121. The summed E-state index contributed by atoms with van der Waals surface area (Å²) < 4.78 is 4.65. The molecule has 1 amide bonds. The fraction of sp³-hybridized carbons (Fsp3) is 0.500. The molecule has 0 radical (unpaired) electrons. The topological polar surface area (TPSA) is 64.7 Å². The van der Waals surface area contributed by atoms with Gasteiger partial charge in [-0.2, -0.15) is 10.2 Å². The molecule has 0 spiro atoms. The summed E-state index contributed by atoms with van der Waals surface area (Å²) in [4.78, 5) is 11.7. The molecule has 114 valence electrons. The first-order chi connectivity index (χ1) is 10.0. The van der Waals surface area contributed by atoms with Crippen molar-refractivity contribution in [2.45, 2.75) is 39.8 Å². The van der Waals surface area contributed by atoms with E-state index in [2.05, 4.69) is 31.4 Å². The van der Waals surface area contributed by atoms with Crippen LogP contribution in [0.15, 0.2) is 23.1 Å². The highest BCUT2D eigenvalue weighted by Gasteiger charge is 2.05. The molecule has 0 aromatic carbocycles. The maximum absolute atomic E-state index is 11.7. The molecule has 0 bridgehead atoms. The molecule has 7 heteroatoms. The van der Waals surface area contributed by atoms with E-state index in [4.69, 9.17) is 0 Å². The molecule has 0 saturated heterocycles. The number of amides is 1. The Morgan fingerprint density at radius 3 is 2.71 bits per heavy atom. The number of carbonyl (C=O) groups excluding carboxylic acids is 1. The van der Waals surface area contributed by atoms with Crippen LogP contribution in [0.3, 0.4) is 0 Å². The standard InChI is InChI=1S/C14H20BrN5O/c1-11-8-17-19(9-11)6-3-5-16-14(21)4-7-20-10-13(15)12(2)18-20/h8-10H,3-7H2,1-2H3,(H,16,21). The Morgan fingerprint density at radius 1 is 1.29 bits per heavy atom. The third-order valence-corrected chi connectivity index (χ3v) is 3.88. The average Bonchev–Trinajstić information content (AvgIpc) is 2.99. The van der Waals surface area contributed by atoms with Gasteiger partial charge < -0.3 is 5.32 Å². The lowest BCUT2D eigenvalue weighted by Crippen LogP contribution is -2.26. The summed E-state index contributed by atoms with van der Waals surface area (Å²) in [6.45, 7) is 6.02. The van der Waals surface area contributed by atoms with Gasteiger partial charge in [0, 0.05) is 38.4 Å². The monoisotopic (exact) mass is 353 g/mol. The quantitative estimate of drug-likeness (QED) is 0.774. The molecule has 2 aromatic rings. The third kappa shape index (κ3) is 5.00. The number of hydrogen-bond acceptors (Lipinski definition) is 3. The van der Waals surface area contributed by atoms with Crippen molar-refractivity contribution in [2.24, 2.45) is 0 Å². The van der Waals surface area contributed by atoms with E-state index in [9.17, 15) is 4.79 Å². The van der Waals surface area contributed by atoms with Gasteiger partial charge in [-0.25, -0.2) is 0 Å². The number of aromatic nitrogens is 4. The maximum atomic E-state index is 11.7. The number of nitrogens with one attached hydrogen (secondary N) is 1.